The zero-order valence-corrected chi connectivity index (χ0v) is 13.5. The number of benzene rings is 1. The van der Waals surface area contributed by atoms with Crippen LogP contribution in [0.4, 0.5) is 0 Å². The van der Waals surface area contributed by atoms with Gasteiger partial charge in [0.2, 0.25) is 0 Å². The third-order valence-electron chi connectivity index (χ3n) is 3.57. The molecule has 0 radical (unpaired) electrons. The van der Waals surface area contributed by atoms with Crippen molar-refractivity contribution < 1.29 is 4.74 Å². The molecule has 0 aliphatic rings. The summed E-state index contributed by atoms with van der Waals surface area (Å²) in [6.45, 7) is 11.3. The summed E-state index contributed by atoms with van der Waals surface area (Å²) in [5, 5.41) is 3.37. The predicted octanol–water partition coefficient (Wildman–Crippen LogP) is 4.30. The molecule has 2 aromatic rings. The second-order valence-electron chi connectivity index (χ2n) is 5.77. The molecule has 112 valence electrons. The molecule has 0 fully saturated rings. The van der Waals surface area contributed by atoms with Gasteiger partial charge in [-0.3, -0.25) is 4.98 Å². The first-order valence-electron chi connectivity index (χ1n) is 7.40. The molecule has 0 amide bonds. The van der Waals surface area contributed by atoms with Gasteiger partial charge in [0.25, 0.3) is 0 Å². The molecule has 21 heavy (non-hydrogen) atoms. The quantitative estimate of drug-likeness (QED) is 0.889. The van der Waals surface area contributed by atoms with E-state index < -0.39 is 0 Å². The number of ether oxygens (including phenoxy) is 1. The highest BCUT2D eigenvalue weighted by Gasteiger charge is 2.08. The standard InChI is InChI=1S/C18H24N2O/c1-12(2)20-11-16-10-17(8-9-19-16)21-18-14(4)7-6-13(3)15(18)5/h6-10,12,20H,11H2,1-5H3. The molecule has 0 aliphatic heterocycles. The van der Waals surface area contributed by atoms with Gasteiger partial charge >= 0.3 is 0 Å². The fourth-order valence-electron chi connectivity index (χ4n) is 2.13. The number of aryl methyl sites for hydroxylation is 2. The first-order valence-corrected chi connectivity index (χ1v) is 7.40. The molecular formula is C18H24N2O. The van der Waals surface area contributed by atoms with Gasteiger partial charge in [-0.25, -0.2) is 0 Å². The highest BCUT2D eigenvalue weighted by atomic mass is 16.5. The summed E-state index contributed by atoms with van der Waals surface area (Å²) in [4.78, 5) is 4.37. The van der Waals surface area contributed by atoms with Crippen molar-refractivity contribution in [1.82, 2.24) is 10.3 Å². The number of hydrogen-bond acceptors (Lipinski definition) is 3. The first kappa shape index (κ1) is 15.5. The molecule has 3 heteroatoms. The molecule has 1 aromatic heterocycles. The summed E-state index contributed by atoms with van der Waals surface area (Å²) in [5.41, 5.74) is 4.57. The number of aromatic nitrogens is 1. The molecule has 0 aliphatic carbocycles. The Morgan fingerprint density at radius 2 is 1.81 bits per heavy atom. The molecule has 1 aromatic carbocycles. The Morgan fingerprint density at radius 3 is 2.52 bits per heavy atom. The monoisotopic (exact) mass is 284 g/mol. The van der Waals surface area contributed by atoms with Crippen molar-refractivity contribution in [2.75, 3.05) is 0 Å². The SMILES string of the molecule is Cc1ccc(C)c(Oc2ccnc(CNC(C)C)c2)c1C. The minimum absolute atomic E-state index is 0.442. The van der Waals surface area contributed by atoms with Gasteiger partial charge < -0.3 is 10.1 Å². The van der Waals surface area contributed by atoms with E-state index in [1.54, 1.807) is 6.20 Å². The zero-order chi connectivity index (χ0) is 15.4. The van der Waals surface area contributed by atoms with Crippen molar-refractivity contribution >= 4 is 0 Å². The molecule has 0 atom stereocenters. The van der Waals surface area contributed by atoms with Crippen LogP contribution in [0, 0.1) is 20.8 Å². The van der Waals surface area contributed by atoms with Gasteiger partial charge in [-0.05, 0) is 43.5 Å². The Morgan fingerprint density at radius 1 is 1.10 bits per heavy atom. The van der Waals surface area contributed by atoms with Crippen LogP contribution in [0.15, 0.2) is 30.5 Å². The lowest BCUT2D eigenvalue weighted by Crippen LogP contribution is -2.22. The highest BCUT2D eigenvalue weighted by Crippen LogP contribution is 2.30. The molecule has 0 bridgehead atoms. The molecule has 3 nitrogen and oxygen atoms in total. The van der Waals surface area contributed by atoms with E-state index in [9.17, 15) is 0 Å². The minimum Gasteiger partial charge on any atom is -0.457 e. The van der Waals surface area contributed by atoms with Crippen LogP contribution in [-0.4, -0.2) is 11.0 Å². The Bertz CT molecular complexity index is 621. The summed E-state index contributed by atoms with van der Waals surface area (Å²) in [5.74, 6) is 1.78. The molecule has 0 saturated heterocycles. The van der Waals surface area contributed by atoms with Crippen molar-refractivity contribution in [1.29, 1.82) is 0 Å². The van der Waals surface area contributed by atoms with Crippen LogP contribution in [0.25, 0.3) is 0 Å². The van der Waals surface area contributed by atoms with Gasteiger partial charge in [0.05, 0.1) is 5.69 Å². The number of rotatable bonds is 5. The van der Waals surface area contributed by atoms with E-state index >= 15 is 0 Å². The van der Waals surface area contributed by atoms with Crippen LogP contribution in [0.2, 0.25) is 0 Å². The Kier molecular flexibility index (Phi) is 4.97. The van der Waals surface area contributed by atoms with Gasteiger partial charge in [-0.15, -0.1) is 0 Å². The van der Waals surface area contributed by atoms with Crippen molar-refractivity contribution in [3.63, 3.8) is 0 Å². The van der Waals surface area contributed by atoms with Crippen molar-refractivity contribution in [3.05, 3.63) is 52.8 Å². The van der Waals surface area contributed by atoms with Gasteiger partial charge in [-0.1, -0.05) is 26.0 Å². The summed E-state index contributed by atoms with van der Waals surface area (Å²) in [6.07, 6.45) is 1.80. The average molecular weight is 284 g/mol. The largest absolute Gasteiger partial charge is 0.457 e. The van der Waals surface area contributed by atoms with Gasteiger partial charge in [-0.2, -0.15) is 0 Å². The normalized spacial score (nSPS) is 11.0. The molecule has 0 spiro atoms. The fraction of sp³-hybridized carbons (Fsp3) is 0.389. The maximum Gasteiger partial charge on any atom is 0.133 e. The number of hydrogen-bond donors (Lipinski definition) is 1. The van der Waals surface area contributed by atoms with Gasteiger partial charge in [0.1, 0.15) is 11.5 Å². The maximum atomic E-state index is 6.10. The van der Waals surface area contributed by atoms with Crippen LogP contribution in [0.5, 0.6) is 11.5 Å². The van der Waals surface area contributed by atoms with Gasteiger partial charge in [0, 0.05) is 24.8 Å². The molecule has 1 heterocycles. The van der Waals surface area contributed by atoms with Crippen molar-refractivity contribution in [2.24, 2.45) is 0 Å². The number of pyridine rings is 1. The fourth-order valence-corrected chi connectivity index (χ4v) is 2.13. The third kappa shape index (κ3) is 4.05. The number of nitrogens with zero attached hydrogens (tertiary/aromatic N) is 1. The van der Waals surface area contributed by atoms with Crippen LogP contribution >= 0.6 is 0 Å². The summed E-state index contributed by atoms with van der Waals surface area (Å²) in [6, 6.07) is 8.57. The third-order valence-corrected chi connectivity index (χ3v) is 3.57. The van der Waals surface area contributed by atoms with Crippen LogP contribution < -0.4 is 10.1 Å². The van der Waals surface area contributed by atoms with Crippen LogP contribution in [-0.2, 0) is 6.54 Å². The van der Waals surface area contributed by atoms with E-state index in [0.29, 0.717) is 6.04 Å². The Hall–Kier alpha value is -1.87. The van der Waals surface area contributed by atoms with E-state index in [2.05, 4.69) is 57.1 Å². The molecular weight excluding hydrogens is 260 g/mol. The lowest BCUT2D eigenvalue weighted by molar-refractivity contribution is 0.471. The highest BCUT2D eigenvalue weighted by molar-refractivity contribution is 5.46. The predicted molar refractivity (Wildman–Crippen MR) is 86.9 cm³/mol. The first-order chi connectivity index (χ1) is 9.97. The summed E-state index contributed by atoms with van der Waals surface area (Å²) >= 11 is 0. The molecule has 0 saturated carbocycles. The van der Waals surface area contributed by atoms with E-state index in [-0.39, 0.29) is 0 Å². The zero-order valence-electron chi connectivity index (χ0n) is 13.5. The maximum absolute atomic E-state index is 6.10. The molecule has 2 rings (SSSR count). The summed E-state index contributed by atoms with van der Waals surface area (Å²) < 4.78 is 6.10. The minimum atomic E-state index is 0.442. The van der Waals surface area contributed by atoms with E-state index in [4.69, 9.17) is 4.74 Å². The Labute approximate surface area is 127 Å². The van der Waals surface area contributed by atoms with Crippen molar-refractivity contribution in [3.8, 4) is 11.5 Å². The second kappa shape index (κ2) is 6.72. The van der Waals surface area contributed by atoms with E-state index in [1.165, 1.54) is 11.1 Å². The van der Waals surface area contributed by atoms with Crippen molar-refractivity contribution in [2.45, 2.75) is 47.2 Å². The molecule has 1 N–H and O–H groups in total. The molecule has 0 unspecified atom stereocenters. The second-order valence-corrected chi connectivity index (χ2v) is 5.77. The summed E-state index contributed by atoms with van der Waals surface area (Å²) in [7, 11) is 0. The lowest BCUT2D eigenvalue weighted by Gasteiger charge is -2.14. The number of nitrogens with one attached hydrogen (secondary N) is 1. The smallest absolute Gasteiger partial charge is 0.133 e. The lowest BCUT2D eigenvalue weighted by atomic mass is 10.1. The van der Waals surface area contributed by atoms with Crippen LogP contribution in [0.1, 0.15) is 36.2 Å². The average Bonchev–Trinajstić information content (AvgIpc) is 2.46. The van der Waals surface area contributed by atoms with E-state index in [1.807, 2.05) is 12.1 Å². The van der Waals surface area contributed by atoms with Gasteiger partial charge in [0.15, 0.2) is 0 Å². The van der Waals surface area contributed by atoms with Crippen LogP contribution in [0.3, 0.4) is 0 Å². The Balaban J connectivity index is 2.20. The topological polar surface area (TPSA) is 34.1 Å². The van der Waals surface area contributed by atoms with E-state index in [0.717, 1.165) is 29.3 Å².